The predicted octanol–water partition coefficient (Wildman–Crippen LogP) is 3.78. The summed E-state index contributed by atoms with van der Waals surface area (Å²) >= 11 is 0. The van der Waals surface area contributed by atoms with Gasteiger partial charge in [0.2, 0.25) is 11.8 Å². The molecule has 2 aliphatic heterocycles. The first kappa shape index (κ1) is 19.4. The second-order valence-corrected chi connectivity index (χ2v) is 8.37. The van der Waals surface area contributed by atoms with Crippen molar-refractivity contribution in [2.45, 2.75) is 25.7 Å². The third kappa shape index (κ3) is 2.71. The van der Waals surface area contributed by atoms with Gasteiger partial charge in [-0.2, -0.15) is 5.10 Å². The zero-order valence-corrected chi connectivity index (χ0v) is 17.0. The Labute approximate surface area is 177 Å². The summed E-state index contributed by atoms with van der Waals surface area (Å²) < 4.78 is 29.1. The molecule has 3 heterocycles. The van der Waals surface area contributed by atoms with Gasteiger partial charge in [-0.1, -0.05) is 32.0 Å². The number of para-hydroxylation sites is 1. The maximum Gasteiger partial charge on any atom is 0.242 e. The fraction of sp³-hybridized carbons (Fsp3) is 0.261. The Kier molecular flexibility index (Phi) is 4.22. The van der Waals surface area contributed by atoms with Crippen LogP contribution in [0.25, 0.3) is 5.69 Å². The highest BCUT2D eigenvalue weighted by Crippen LogP contribution is 2.52. The fourth-order valence-electron chi connectivity index (χ4n) is 4.63. The number of amides is 2. The molecule has 0 saturated heterocycles. The second kappa shape index (κ2) is 6.73. The Morgan fingerprint density at radius 3 is 2.61 bits per heavy atom. The number of aromatic nitrogens is 2. The van der Waals surface area contributed by atoms with Crippen molar-refractivity contribution in [2.75, 3.05) is 16.8 Å². The fourth-order valence-corrected chi connectivity index (χ4v) is 4.63. The Morgan fingerprint density at radius 1 is 1.10 bits per heavy atom. The maximum absolute atomic E-state index is 14.5. The van der Waals surface area contributed by atoms with Crippen LogP contribution in [0.5, 0.6) is 0 Å². The average Bonchev–Trinajstić information content (AvgIpc) is 3.22. The van der Waals surface area contributed by atoms with Gasteiger partial charge in [0, 0.05) is 30.3 Å². The third-order valence-corrected chi connectivity index (χ3v) is 5.86. The van der Waals surface area contributed by atoms with E-state index >= 15 is 0 Å². The lowest BCUT2D eigenvalue weighted by atomic mass is 9.72. The molecule has 0 radical (unpaired) electrons. The van der Waals surface area contributed by atoms with E-state index in [2.05, 4.69) is 10.4 Å². The molecule has 0 fully saturated rings. The molecule has 8 heteroatoms. The average molecular weight is 422 g/mol. The molecule has 2 aromatic carbocycles. The Balaban J connectivity index is 1.74. The second-order valence-electron chi connectivity index (χ2n) is 8.37. The van der Waals surface area contributed by atoms with Crippen molar-refractivity contribution >= 4 is 23.3 Å². The van der Waals surface area contributed by atoms with Crippen LogP contribution in [-0.4, -0.2) is 28.1 Å². The minimum Gasteiger partial charge on any atom is -0.311 e. The molecule has 0 unspecified atom stereocenters. The van der Waals surface area contributed by atoms with Crippen LogP contribution in [0.3, 0.4) is 0 Å². The monoisotopic (exact) mass is 422 g/mol. The topological polar surface area (TPSA) is 67.2 Å². The molecule has 1 N–H and O–H groups in total. The van der Waals surface area contributed by atoms with E-state index in [1.165, 1.54) is 16.9 Å². The van der Waals surface area contributed by atoms with E-state index in [4.69, 9.17) is 0 Å². The van der Waals surface area contributed by atoms with E-state index in [1.807, 2.05) is 38.1 Å². The Hall–Kier alpha value is -3.55. The van der Waals surface area contributed by atoms with Gasteiger partial charge in [0.05, 0.1) is 6.20 Å². The summed E-state index contributed by atoms with van der Waals surface area (Å²) in [6.45, 7) is 4.56. The largest absolute Gasteiger partial charge is 0.311 e. The van der Waals surface area contributed by atoms with E-state index in [0.717, 1.165) is 23.4 Å². The number of hydrogen-bond acceptors (Lipinski definition) is 3. The molecule has 0 bridgehead atoms. The van der Waals surface area contributed by atoms with E-state index in [0.29, 0.717) is 12.1 Å². The van der Waals surface area contributed by atoms with E-state index in [1.54, 1.807) is 4.90 Å². The number of hydrogen-bond donors (Lipinski definition) is 1. The van der Waals surface area contributed by atoms with Crippen molar-refractivity contribution in [3.8, 4) is 5.69 Å². The maximum atomic E-state index is 14.5. The summed E-state index contributed by atoms with van der Waals surface area (Å²) in [6, 6.07) is 10.5. The zero-order valence-electron chi connectivity index (χ0n) is 17.0. The number of carbonyl (C=O) groups is 2. The SMILES string of the molecule is CC(C)CN1C(=O)[C@]2(CC(=O)Nc3c2cnn3-c2ccc(F)cc2F)c2ccccc21. The molecule has 31 heavy (non-hydrogen) atoms. The molecule has 1 spiro atoms. The molecule has 158 valence electrons. The molecule has 1 atom stereocenters. The normalized spacial score (nSPS) is 19.7. The van der Waals surface area contributed by atoms with Gasteiger partial charge in [0.25, 0.3) is 0 Å². The van der Waals surface area contributed by atoms with Gasteiger partial charge in [-0.25, -0.2) is 13.5 Å². The number of halogens is 2. The molecular weight excluding hydrogens is 402 g/mol. The molecule has 1 aromatic heterocycles. The van der Waals surface area contributed by atoms with Crippen molar-refractivity contribution < 1.29 is 18.4 Å². The predicted molar refractivity (Wildman–Crippen MR) is 111 cm³/mol. The zero-order chi connectivity index (χ0) is 21.9. The Bertz CT molecular complexity index is 1240. The molecule has 2 aliphatic rings. The van der Waals surface area contributed by atoms with Crippen molar-refractivity contribution in [1.29, 1.82) is 0 Å². The van der Waals surface area contributed by atoms with E-state index in [-0.39, 0.29) is 35.7 Å². The van der Waals surface area contributed by atoms with Crippen LogP contribution in [0.1, 0.15) is 31.4 Å². The van der Waals surface area contributed by atoms with Gasteiger partial charge in [0.1, 0.15) is 22.7 Å². The lowest BCUT2D eigenvalue weighted by Crippen LogP contribution is -2.47. The first-order valence-electron chi connectivity index (χ1n) is 10.1. The highest BCUT2D eigenvalue weighted by Gasteiger charge is 2.57. The minimum absolute atomic E-state index is 0.0160. The summed E-state index contributed by atoms with van der Waals surface area (Å²) in [6.07, 6.45) is 1.42. The summed E-state index contributed by atoms with van der Waals surface area (Å²) in [7, 11) is 0. The first-order chi connectivity index (χ1) is 14.8. The number of carbonyl (C=O) groups excluding carboxylic acids is 2. The van der Waals surface area contributed by atoms with Crippen LogP contribution in [0.4, 0.5) is 20.3 Å². The van der Waals surface area contributed by atoms with Crippen molar-refractivity contribution in [3.63, 3.8) is 0 Å². The van der Waals surface area contributed by atoms with Gasteiger partial charge >= 0.3 is 0 Å². The summed E-state index contributed by atoms with van der Waals surface area (Å²) in [5, 5.41) is 7.01. The van der Waals surface area contributed by atoms with Gasteiger partial charge in [-0.3, -0.25) is 9.59 Å². The summed E-state index contributed by atoms with van der Waals surface area (Å²) in [4.78, 5) is 28.4. The van der Waals surface area contributed by atoms with E-state index < -0.39 is 17.0 Å². The van der Waals surface area contributed by atoms with Crippen molar-refractivity contribution in [1.82, 2.24) is 9.78 Å². The highest BCUT2D eigenvalue weighted by atomic mass is 19.1. The standard InChI is InChI=1S/C23H20F2N4O2/c1-13(2)12-28-18-6-4-3-5-15(18)23(22(28)31)10-20(30)27-21-16(23)11-26-29(21)19-8-7-14(24)9-17(19)25/h3-9,11,13H,10,12H2,1-2H3,(H,27,30)/t23-/m1/s1. The van der Waals surface area contributed by atoms with Gasteiger partial charge in [-0.05, 0) is 29.7 Å². The molecule has 2 amide bonds. The summed E-state index contributed by atoms with van der Waals surface area (Å²) in [5.74, 6) is -1.66. The molecular formula is C23H20F2N4O2. The summed E-state index contributed by atoms with van der Waals surface area (Å²) in [5.41, 5.74) is 0.744. The van der Waals surface area contributed by atoms with Crippen molar-refractivity contribution in [3.05, 3.63) is 71.4 Å². The van der Waals surface area contributed by atoms with Gasteiger partial charge < -0.3 is 10.2 Å². The molecule has 0 aliphatic carbocycles. The van der Waals surface area contributed by atoms with E-state index in [9.17, 15) is 18.4 Å². The lowest BCUT2D eigenvalue weighted by Gasteiger charge is -2.32. The smallest absolute Gasteiger partial charge is 0.242 e. The van der Waals surface area contributed by atoms with Crippen LogP contribution >= 0.6 is 0 Å². The van der Waals surface area contributed by atoms with Crippen LogP contribution in [-0.2, 0) is 15.0 Å². The molecule has 5 rings (SSSR count). The van der Waals surface area contributed by atoms with Gasteiger partial charge in [-0.15, -0.1) is 0 Å². The van der Waals surface area contributed by atoms with Crippen LogP contribution in [0, 0.1) is 17.6 Å². The first-order valence-corrected chi connectivity index (χ1v) is 10.1. The molecule has 0 saturated carbocycles. The number of nitrogens with zero attached hydrogens (tertiary/aromatic N) is 3. The third-order valence-electron chi connectivity index (χ3n) is 5.86. The number of nitrogens with one attached hydrogen (secondary N) is 1. The highest BCUT2D eigenvalue weighted by molar-refractivity contribution is 6.15. The Morgan fingerprint density at radius 2 is 1.87 bits per heavy atom. The number of rotatable bonds is 3. The van der Waals surface area contributed by atoms with Crippen molar-refractivity contribution in [2.24, 2.45) is 5.92 Å². The molecule has 6 nitrogen and oxygen atoms in total. The van der Waals surface area contributed by atoms with Crippen LogP contribution in [0.15, 0.2) is 48.7 Å². The van der Waals surface area contributed by atoms with Crippen LogP contribution in [0.2, 0.25) is 0 Å². The number of fused-ring (bicyclic) bond motifs is 4. The molecule has 3 aromatic rings. The number of anilines is 2. The quantitative estimate of drug-likeness (QED) is 0.699. The number of benzene rings is 2. The van der Waals surface area contributed by atoms with Crippen LogP contribution < -0.4 is 10.2 Å². The lowest BCUT2D eigenvalue weighted by molar-refractivity contribution is -0.126. The van der Waals surface area contributed by atoms with Gasteiger partial charge in [0.15, 0.2) is 5.82 Å². The minimum atomic E-state index is -1.24.